The Hall–Kier alpha value is -1.08. The Morgan fingerprint density at radius 3 is 2.80 bits per heavy atom. The third-order valence-corrected chi connectivity index (χ3v) is 0.925. The Balaban J connectivity index is 3.62. The quantitative estimate of drug-likeness (QED) is 0.564. The van der Waals surface area contributed by atoms with Crippen LogP contribution in [0.4, 0.5) is 0 Å². The SMILES string of the molecule is CO[C@H](CC#N)NC(C)=O. The van der Waals surface area contributed by atoms with Crippen LogP contribution in [0.5, 0.6) is 0 Å². The highest BCUT2D eigenvalue weighted by Gasteiger charge is 2.05. The van der Waals surface area contributed by atoms with Gasteiger partial charge in [-0.3, -0.25) is 4.79 Å². The number of nitrogens with one attached hydrogen (secondary N) is 1. The van der Waals surface area contributed by atoms with Crippen LogP contribution in [0.25, 0.3) is 0 Å². The number of hydrogen-bond acceptors (Lipinski definition) is 3. The van der Waals surface area contributed by atoms with Crippen LogP contribution in [0.1, 0.15) is 13.3 Å². The van der Waals surface area contributed by atoms with Crippen molar-refractivity contribution >= 4 is 5.91 Å². The number of nitriles is 1. The Bertz CT molecular complexity index is 150. The molecule has 0 radical (unpaired) electrons. The summed E-state index contributed by atoms with van der Waals surface area (Å²) in [6.45, 7) is 1.38. The highest BCUT2D eigenvalue weighted by Crippen LogP contribution is 1.89. The number of ether oxygens (including phenoxy) is 1. The molecule has 0 aromatic heterocycles. The molecular weight excluding hydrogens is 132 g/mol. The fourth-order valence-electron chi connectivity index (χ4n) is 0.503. The Labute approximate surface area is 59.8 Å². The molecule has 0 aliphatic heterocycles. The lowest BCUT2D eigenvalue weighted by atomic mass is 10.4. The summed E-state index contributed by atoms with van der Waals surface area (Å²) in [5.41, 5.74) is 0. The van der Waals surface area contributed by atoms with E-state index in [0.29, 0.717) is 0 Å². The molecule has 0 aliphatic rings. The summed E-state index contributed by atoms with van der Waals surface area (Å²) in [5, 5.41) is 10.6. The van der Waals surface area contributed by atoms with Crippen molar-refractivity contribution in [3.8, 4) is 6.07 Å². The van der Waals surface area contributed by atoms with Crippen LogP contribution in [0, 0.1) is 11.3 Å². The first kappa shape index (κ1) is 8.92. The standard InChI is InChI=1S/C6H10N2O2/c1-5(9)8-6(10-2)3-4-7/h6H,3H2,1-2H3,(H,8,9)/t6-/m1/s1. The lowest BCUT2D eigenvalue weighted by Crippen LogP contribution is -2.33. The number of hydrogen-bond donors (Lipinski definition) is 1. The zero-order chi connectivity index (χ0) is 7.98. The van der Waals surface area contributed by atoms with Crippen LogP contribution in [-0.2, 0) is 9.53 Å². The first-order chi connectivity index (χ1) is 4.70. The molecular formula is C6H10N2O2. The Morgan fingerprint density at radius 1 is 1.90 bits per heavy atom. The van der Waals surface area contributed by atoms with Crippen molar-refractivity contribution in [1.29, 1.82) is 5.26 Å². The molecule has 0 aliphatic carbocycles. The molecule has 0 aromatic rings. The lowest BCUT2D eigenvalue weighted by Gasteiger charge is -2.11. The number of nitrogens with zero attached hydrogens (tertiary/aromatic N) is 1. The van der Waals surface area contributed by atoms with Gasteiger partial charge in [0.25, 0.3) is 0 Å². The van der Waals surface area contributed by atoms with Crippen molar-refractivity contribution in [3.63, 3.8) is 0 Å². The first-order valence-corrected chi connectivity index (χ1v) is 2.87. The largest absolute Gasteiger partial charge is 0.361 e. The fraction of sp³-hybridized carbons (Fsp3) is 0.667. The molecule has 0 heterocycles. The van der Waals surface area contributed by atoms with E-state index in [4.69, 9.17) is 10.00 Å². The van der Waals surface area contributed by atoms with E-state index in [9.17, 15) is 4.79 Å². The molecule has 0 spiro atoms. The third kappa shape index (κ3) is 3.87. The smallest absolute Gasteiger partial charge is 0.218 e. The minimum Gasteiger partial charge on any atom is -0.361 e. The molecule has 0 aromatic carbocycles. The van der Waals surface area contributed by atoms with Crippen LogP contribution >= 0.6 is 0 Å². The predicted molar refractivity (Wildman–Crippen MR) is 34.8 cm³/mol. The highest BCUT2D eigenvalue weighted by atomic mass is 16.5. The fourth-order valence-corrected chi connectivity index (χ4v) is 0.503. The predicted octanol–water partition coefficient (Wildman–Crippen LogP) is 0.00868. The van der Waals surface area contributed by atoms with Crippen LogP contribution in [0.2, 0.25) is 0 Å². The van der Waals surface area contributed by atoms with E-state index in [1.54, 1.807) is 0 Å². The average molecular weight is 142 g/mol. The van der Waals surface area contributed by atoms with Crippen LogP contribution < -0.4 is 5.32 Å². The van der Waals surface area contributed by atoms with Gasteiger partial charge in [0.05, 0.1) is 12.5 Å². The second-order valence-electron chi connectivity index (χ2n) is 1.79. The van der Waals surface area contributed by atoms with E-state index < -0.39 is 6.23 Å². The molecule has 1 atom stereocenters. The highest BCUT2D eigenvalue weighted by molar-refractivity contribution is 5.73. The molecule has 0 bridgehead atoms. The third-order valence-electron chi connectivity index (χ3n) is 0.925. The van der Waals surface area contributed by atoms with Gasteiger partial charge >= 0.3 is 0 Å². The number of amides is 1. The molecule has 0 saturated carbocycles. The van der Waals surface area contributed by atoms with Crippen LogP contribution in [0.3, 0.4) is 0 Å². The lowest BCUT2D eigenvalue weighted by molar-refractivity contribution is -0.122. The summed E-state index contributed by atoms with van der Waals surface area (Å²) in [5.74, 6) is -0.192. The normalized spacial score (nSPS) is 11.7. The van der Waals surface area contributed by atoms with Crippen LogP contribution in [0.15, 0.2) is 0 Å². The summed E-state index contributed by atoms with van der Waals surface area (Å²) in [4.78, 5) is 10.4. The number of methoxy groups -OCH3 is 1. The van der Waals surface area contributed by atoms with E-state index in [2.05, 4.69) is 5.32 Å². The molecule has 10 heavy (non-hydrogen) atoms. The summed E-state index contributed by atoms with van der Waals surface area (Å²) in [6, 6.07) is 1.88. The van der Waals surface area contributed by atoms with E-state index in [1.165, 1.54) is 14.0 Å². The van der Waals surface area contributed by atoms with Crippen molar-refractivity contribution in [3.05, 3.63) is 0 Å². The molecule has 1 amide bonds. The van der Waals surface area contributed by atoms with E-state index in [-0.39, 0.29) is 12.3 Å². The summed E-state index contributed by atoms with van der Waals surface area (Å²) in [7, 11) is 1.44. The van der Waals surface area contributed by atoms with E-state index in [0.717, 1.165) is 0 Å². The zero-order valence-electron chi connectivity index (χ0n) is 6.05. The second-order valence-corrected chi connectivity index (χ2v) is 1.79. The van der Waals surface area contributed by atoms with Gasteiger partial charge in [0.1, 0.15) is 6.23 Å². The maximum absolute atomic E-state index is 10.4. The minimum absolute atomic E-state index is 0.177. The molecule has 56 valence electrons. The molecule has 0 unspecified atom stereocenters. The Kier molecular flexibility index (Phi) is 4.25. The van der Waals surface area contributed by atoms with Gasteiger partial charge in [0.15, 0.2) is 0 Å². The summed E-state index contributed by atoms with van der Waals surface area (Å²) >= 11 is 0. The van der Waals surface area contributed by atoms with Crippen molar-refractivity contribution < 1.29 is 9.53 Å². The number of carbonyl (C=O) groups excluding carboxylic acids is 1. The van der Waals surface area contributed by atoms with Gasteiger partial charge in [-0.2, -0.15) is 5.26 Å². The summed E-state index contributed by atoms with van der Waals surface area (Å²) < 4.78 is 4.75. The topological polar surface area (TPSA) is 62.1 Å². The van der Waals surface area contributed by atoms with Gasteiger partial charge < -0.3 is 10.1 Å². The maximum atomic E-state index is 10.4. The van der Waals surface area contributed by atoms with Gasteiger partial charge in [-0.25, -0.2) is 0 Å². The number of rotatable bonds is 3. The van der Waals surface area contributed by atoms with E-state index in [1.807, 2.05) is 6.07 Å². The molecule has 0 rings (SSSR count). The average Bonchev–Trinajstić information content (AvgIpc) is 1.86. The van der Waals surface area contributed by atoms with Crippen molar-refractivity contribution in [1.82, 2.24) is 5.32 Å². The monoisotopic (exact) mass is 142 g/mol. The van der Waals surface area contributed by atoms with E-state index >= 15 is 0 Å². The minimum atomic E-state index is -0.470. The van der Waals surface area contributed by atoms with Crippen LogP contribution in [-0.4, -0.2) is 19.2 Å². The number of carbonyl (C=O) groups is 1. The molecule has 0 fully saturated rings. The summed E-state index contributed by atoms with van der Waals surface area (Å²) in [6.07, 6.45) is -0.293. The van der Waals surface area contributed by atoms with Gasteiger partial charge in [-0.15, -0.1) is 0 Å². The van der Waals surface area contributed by atoms with Crippen molar-refractivity contribution in [2.24, 2.45) is 0 Å². The van der Waals surface area contributed by atoms with Gasteiger partial charge in [0.2, 0.25) is 5.91 Å². The first-order valence-electron chi connectivity index (χ1n) is 2.87. The molecule has 1 N–H and O–H groups in total. The van der Waals surface area contributed by atoms with Gasteiger partial charge in [0, 0.05) is 14.0 Å². The zero-order valence-corrected chi connectivity index (χ0v) is 6.05. The molecule has 0 saturated heterocycles. The van der Waals surface area contributed by atoms with Gasteiger partial charge in [-0.05, 0) is 0 Å². The van der Waals surface area contributed by atoms with Gasteiger partial charge in [-0.1, -0.05) is 0 Å². The second kappa shape index (κ2) is 4.77. The molecule has 4 nitrogen and oxygen atoms in total. The molecule has 4 heteroatoms. The Morgan fingerprint density at radius 2 is 2.50 bits per heavy atom. The van der Waals surface area contributed by atoms with Crippen molar-refractivity contribution in [2.75, 3.05) is 7.11 Å². The van der Waals surface area contributed by atoms with Crippen molar-refractivity contribution in [2.45, 2.75) is 19.6 Å². The maximum Gasteiger partial charge on any atom is 0.218 e.